The summed E-state index contributed by atoms with van der Waals surface area (Å²) in [5.74, 6) is 0.0534. The lowest BCUT2D eigenvalue weighted by Gasteiger charge is -2.08. The minimum atomic E-state index is -0.555. The summed E-state index contributed by atoms with van der Waals surface area (Å²) in [6.07, 6.45) is 0.680. The van der Waals surface area contributed by atoms with E-state index < -0.39 is 10.8 Å². The van der Waals surface area contributed by atoms with Crippen LogP contribution in [0.5, 0.6) is 0 Å². The van der Waals surface area contributed by atoms with Gasteiger partial charge in [0.05, 0.1) is 4.92 Å². The van der Waals surface area contributed by atoms with E-state index in [0.717, 1.165) is 0 Å². The molecule has 0 saturated carbocycles. The zero-order valence-corrected chi connectivity index (χ0v) is 11.8. The zero-order chi connectivity index (χ0) is 15.0. The van der Waals surface area contributed by atoms with Gasteiger partial charge in [0.1, 0.15) is 5.56 Å². The molecule has 0 atom stereocenters. The quantitative estimate of drug-likeness (QED) is 0.450. The Labute approximate surface area is 118 Å². The summed E-state index contributed by atoms with van der Waals surface area (Å²) in [5.41, 5.74) is -0.0957. The van der Waals surface area contributed by atoms with Crippen LogP contribution >= 0.6 is 0 Å². The van der Waals surface area contributed by atoms with Crippen molar-refractivity contribution in [2.24, 2.45) is 5.92 Å². The lowest BCUT2D eigenvalue weighted by molar-refractivity contribution is -0.385. The number of nitro groups is 1. The van der Waals surface area contributed by atoms with E-state index in [2.05, 4.69) is 19.2 Å². The Kier molecular flexibility index (Phi) is 6.66. The number of carbonyl (C=O) groups is 1. The topological polar surface area (TPSA) is 81.5 Å². The summed E-state index contributed by atoms with van der Waals surface area (Å²) in [4.78, 5) is 22.1. The van der Waals surface area contributed by atoms with Gasteiger partial charge in [-0.15, -0.1) is 0 Å². The lowest BCUT2D eigenvalue weighted by atomic mass is 10.1. The monoisotopic (exact) mass is 280 g/mol. The van der Waals surface area contributed by atoms with Crippen LogP contribution in [0, 0.1) is 16.0 Å². The summed E-state index contributed by atoms with van der Waals surface area (Å²) in [7, 11) is 0. The Morgan fingerprint density at radius 3 is 2.75 bits per heavy atom. The minimum Gasteiger partial charge on any atom is -0.381 e. The number of nitrogens with one attached hydrogen (secondary N) is 1. The number of rotatable bonds is 8. The molecule has 6 nitrogen and oxygen atoms in total. The molecule has 0 radical (unpaired) electrons. The number of hydrogen-bond acceptors (Lipinski definition) is 4. The number of nitro benzene ring substituents is 1. The number of benzene rings is 1. The molecule has 0 bridgehead atoms. The summed E-state index contributed by atoms with van der Waals surface area (Å²) in [6.45, 7) is 5.82. The van der Waals surface area contributed by atoms with E-state index in [1.54, 1.807) is 6.07 Å². The standard InChI is InChI=1S/C14H20N2O4/c1-11(2)10-20-9-5-8-15-14(17)12-6-3-4-7-13(12)16(18)19/h3-4,6-7,11H,5,8-10H2,1-2H3,(H,15,17). The van der Waals surface area contributed by atoms with Crippen molar-refractivity contribution in [3.63, 3.8) is 0 Å². The van der Waals surface area contributed by atoms with Crippen molar-refractivity contribution in [3.8, 4) is 0 Å². The van der Waals surface area contributed by atoms with Crippen LogP contribution in [-0.2, 0) is 4.74 Å². The Morgan fingerprint density at radius 2 is 2.10 bits per heavy atom. The van der Waals surface area contributed by atoms with Gasteiger partial charge in [0, 0.05) is 25.8 Å². The maximum absolute atomic E-state index is 11.9. The smallest absolute Gasteiger partial charge is 0.282 e. The van der Waals surface area contributed by atoms with E-state index >= 15 is 0 Å². The Hall–Kier alpha value is -1.95. The second-order valence-electron chi connectivity index (χ2n) is 4.85. The molecule has 0 heterocycles. The summed E-state index contributed by atoms with van der Waals surface area (Å²) >= 11 is 0. The van der Waals surface area contributed by atoms with Gasteiger partial charge in [0.2, 0.25) is 0 Å². The first-order valence-electron chi connectivity index (χ1n) is 6.61. The Balaban J connectivity index is 2.38. The molecule has 0 aliphatic rings. The largest absolute Gasteiger partial charge is 0.381 e. The van der Waals surface area contributed by atoms with Crippen LogP contribution in [0.15, 0.2) is 24.3 Å². The van der Waals surface area contributed by atoms with E-state index in [0.29, 0.717) is 32.1 Å². The normalized spacial score (nSPS) is 10.6. The third-order valence-corrected chi connectivity index (χ3v) is 2.55. The number of hydrogen-bond donors (Lipinski definition) is 1. The fourth-order valence-corrected chi connectivity index (χ4v) is 1.62. The molecule has 6 heteroatoms. The van der Waals surface area contributed by atoms with Crippen LogP contribution in [-0.4, -0.2) is 30.6 Å². The third-order valence-electron chi connectivity index (χ3n) is 2.55. The minimum absolute atomic E-state index is 0.0839. The van der Waals surface area contributed by atoms with E-state index in [9.17, 15) is 14.9 Å². The molecule has 0 fully saturated rings. The van der Waals surface area contributed by atoms with Gasteiger partial charge in [0.25, 0.3) is 11.6 Å². The molecule has 0 aromatic heterocycles. The molecule has 20 heavy (non-hydrogen) atoms. The van der Waals surface area contributed by atoms with E-state index in [1.807, 2.05) is 0 Å². The molecule has 0 aliphatic heterocycles. The number of nitrogens with zero attached hydrogens (tertiary/aromatic N) is 1. The first-order valence-corrected chi connectivity index (χ1v) is 6.61. The van der Waals surface area contributed by atoms with Crippen molar-refractivity contribution in [3.05, 3.63) is 39.9 Å². The van der Waals surface area contributed by atoms with Crippen LogP contribution in [0.2, 0.25) is 0 Å². The third kappa shape index (κ3) is 5.36. The molecule has 0 spiro atoms. The molecule has 1 amide bonds. The molecule has 0 unspecified atom stereocenters. The van der Waals surface area contributed by atoms with Gasteiger partial charge < -0.3 is 10.1 Å². The summed E-state index contributed by atoms with van der Waals surface area (Å²) < 4.78 is 5.39. The maximum Gasteiger partial charge on any atom is 0.282 e. The predicted molar refractivity (Wildman–Crippen MR) is 75.7 cm³/mol. The van der Waals surface area contributed by atoms with E-state index in [-0.39, 0.29) is 11.3 Å². The number of para-hydroxylation sites is 1. The fraction of sp³-hybridized carbons (Fsp3) is 0.500. The Morgan fingerprint density at radius 1 is 1.40 bits per heavy atom. The number of amides is 1. The van der Waals surface area contributed by atoms with Gasteiger partial charge in [-0.05, 0) is 18.4 Å². The first-order chi connectivity index (χ1) is 9.52. The van der Waals surface area contributed by atoms with Gasteiger partial charge in [-0.25, -0.2) is 0 Å². The van der Waals surface area contributed by atoms with E-state index in [1.165, 1.54) is 18.2 Å². The van der Waals surface area contributed by atoms with Crippen molar-refractivity contribution in [2.75, 3.05) is 19.8 Å². The number of carbonyl (C=O) groups excluding carboxylic acids is 1. The van der Waals surface area contributed by atoms with Crippen LogP contribution in [0.3, 0.4) is 0 Å². The average molecular weight is 280 g/mol. The van der Waals surface area contributed by atoms with Crippen LogP contribution in [0.1, 0.15) is 30.6 Å². The highest BCUT2D eigenvalue weighted by Crippen LogP contribution is 2.17. The summed E-state index contributed by atoms with van der Waals surface area (Å²) in [6, 6.07) is 5.91. The molecule has 0 saturated heterocycles. The molecule has 0 aliphatic carbocycles. The highest BCUT2D eigenvalue weighted by molar-refractivity contribution is 5.98. The maximum atomic E-state index is 11.9. The predicted octanol–water partition coefficient (Wildman–Crippen LogP) is 2.39. The van der Waals surface area contributed by atoms with Gasteiger partial charge in [-0.3, -0.25) is 14.9 Å². The Bertz CT molecular complexity index is 460. The molecule has 110 valence electrons. The zero-order valence-electron chi connectivity index (χ0n) is 11.8. The highest BCUT2D eigenvalue weighted by atomic mass is 16.6. The molecular formula is C14H20N2O4. The van der Waals surface area contributed by atoms with Crippen molar-refractivity contribution in [1.29, 1.82) is 0 Å². The molecule has 1 aromatic rings. The molecule has 1 rings (SSSR count). The first kappa shape index (κ1) is 16.1. The van der Waals surface area contributed by atoms with Crippen LogP contribution in [0.25, 0.3) is 0 Å². The van der Waals surface area contributed by atoms with Gasteiger partial charge >= 0.3 is 0 Å². The lowest BCUT2D eigenvalue weighted by Crippen LogP contribution is -2.26. The van der Waals surface area contributed by atoms with Crippen LogP contribution in [0.4, 0.5) is 5.69 Å². The van der Waals surface area contributed by atoms with Crippen molar-refractivity contribution in [2.45, 2.75) is 20.3 Å². The van der Waals surface area contributed by atoms with Gasteiger partial charge in [0.15, 0.2) is 0 Å². The van der Waals surface area contributed by atoms with Gasteiger partial charge in [-0.1, -0.05) is 26.0 Å². The van der Waals surface area contributed by atoms with E-state index in [4.69, 9.17) is 4.74 Å². The fourth-order valence-electron chi connectivity index (χ4n) is 1.62. The van der Waals surface area contributed by atoms with Crippen molar-refractivity contribution in [1.82, 2.24) is 5.32 Å². The van der Waals surface area contributed by atoms with Crippen molar-refractivity contribution >= 4 is 11.6 Å². The molecule has 1 aromatic carbocycles. The molecule has 1 N–H and O–H groups in total. The SMILES string of the molecule is CC(C)COCCCNC(=O)c1ccccc1[N+](=O)[O-]. The summed E-state index contributed by atoms with van der Waals surface area (Å²) in [5, 5.41) is 13.5. The van der Waals surface area contributed by atoms with Crippen LogP contribution < -0.4 is 5.32 Å². The van der Waals surface area contributed by atoms with Crippen molar-refractivity contribution < 1.29 is 14.5 Å². The second-order valence-corrected chi connectivity index (χ2v) is 4.85. The average Bonchev–Trinajstić information content (AvgIpc) is 2.42. The van der Waals surface area contributed by atoms with Gasteiger partial charge in [-0.2, -0.15) is 0 Å². The number of ether oxygens (including phenoxy) is 1. The second kappa shape index (κ2) is 8.27. The molecular weight excluding hydrogens is 260 g/mol. The highest BCUT2D eigenvalue weighted by Gasteiger charge is 2.18.